The van der Waals surface area contributed by atoms with Gasteiger partial charge >= 0.3 is 0 Å². The Morgan fingerprint density at radius 3 is 2.38 bits per heavy atom. The molecule has 0 saturated carbocycles. The number of nitrogens with one attached hydrogen (secondary N) is 1. The van der Waals surface area contributed by atoms with Crippen LogP contribution < -0.4 is 14.8 Å². The minimum absolute atomic E-state index is 0.115. The number of hydrogen-bond acceptors (Lipinski definition) is 3. The number of hydrogen-bond donors (Lipinski definition) is 1. The fourth-order valence-corrected chi connectivity index (χ4v) is 2.60. The molecule has 4 nitrogen and oxygen atoms in total. The van der Waals surface area contributed by atoms with E-state index in [1.807, 2.05) is 50.2 Å². The first kappa shape index (κ1) is 19.8. The molecule has 2 aromatic carbocycles. The second kappa shape index (κ2) is 9.27. The Balaban J connectivity index is 1.90. The van der Waals surface area contributed by atoms with Gasteiger partial charge in [-0.3, -0.25) is 4.79 Å². The third-order valence-electron chi connectivity index (χ3n) is 4.10. The number of carbonyl (C=O) groups excluding carboxylic acids is 1. The van der Waals surface area contributed by atoms with E-state index >= 15 is 0 Å². The first-order chi connectivity index (χ1) is 12.4. The topological polar surface area (TPSA) is 47.6 Å². The summed E-state index contributed by atoms with van der Waals surface area (Å²) in [5.74, 6) is 1.75. The highest BCUT2D eigenvalue weighted by molar-refractivity contribution is 5.81. The van der Waals surface area contributed by atoms with Gasteiger partial charge in [0.25, 0.3) is 5.91 Å². The Bertz CT molecular complexity index is 713. The molecule has 0 spiro atoms. The van der Waals surface area contributed by atoms with Crippen molar-refractivity contribution >= 4 is 5.91 Å². The average molecular weight is 355 g/mol. The minimum Gasteiger partial charge on any atom is -0.491 e. The van der Waals surface area contributed by atoms with Crippen molar-refractivity contribution < 1.29 is 14.3 Å². The highest BCUT2D eigenvalue weighted by atomic mass is 16.5. The Morgan fingerprint density at radius 1 is 1.04 bits per heavy atom. The van der Waals surface area contributed by atoms with Gasteiger partial charge in [-0.2, -0.15) is 0 Å². The van der Waals surface area contributed by atoms with Crippen molar-refractivity contribution in [1.82, 2.24) is 5.32 Å². The zero-order valence-corrected chi connectivity index (χ0v) is 16.3. The molecular formula is C22H29NO3. The van der Waals surface area contributed by atoms with Crippen LogP contribution in [0.4, 0.5) is 0 Å². The summed E-state index contributed by atoms with van der Waals surface area (Å²) in [6.45, 7) is 10.3. The molecule has 0 aliphatic carbocycles. The molecule has 4 heteroatoms. The van der Waals surface area contributed by atoms with Gasteiger partial charge in [0.05, 0.1) is 6.04 Å². The maximum absolute atomic E-state index is 12.4. The molecule has 0 fully saturated rings. The monoisotopic (exact) mass is 355 g/mol. The molecule has 0 aliphatic rings. The van der Waals surface area contributed by atoms with E-state index in [4.69, 9.17) is 9.47 Å². The number of amides is 1. The molecule has 140 valence electrons. The number of benzene rings is 2. The lowest BCUT2D eigenvalue weighted by atomic mass is 10.0. The second-order valence-electron chi connectivity index (χ2n) is 6.99. The molecule has 0 aliphatic heterocycles. The van der Waals surface area contributed by atoms with E-state index in [1.54, 1.807) is 6.92 Å². The van der Waals surface area contributed by atoms with Crippen LogP contribution in [-0.2, 0) is 4.79 Å². The Labute approximate surface area is 156 Å². The van der Waals surface area contributed by atoms with Crippen LogP contribution in [-0.4, -0.2) is 24.7 Å². The molecule has 0 heterocycles. The Morgan fingerprint density at radius 2 is 1.73 bits per heavy atom. The van der Waals surface area contributed by atoms with Crippen LogP contribution in [0.3, 0.4) is 0 Å². The lowest BCUT2D eigenvalue weighted by Crippen LogP contribution is -2.43. The van der Waals surface area contributed by atoms with Crippen molar-refractivity contribution in [3.05, 3.63) is 59.7 Å². The van der Waals surface area contributed by atoms with Gasteiger partial charge in [-0.25, -0.2) is 0 Å². The summed E-state index contributed by atoms with van der Waals surface area (Å²) in [5.41, 5.74) is 2.22. The van der Waals surface area contributed by atoms with Crippen molar-refractivity contribution in [2.45, 2.75) is 52.7 Å². The smallest absolute Gasteiger partial charge is 0.261 e. The molecule has 0 radical (unpaired) electrons. The third-order valence-corrected chi connectivity index (χ3v) is 4.10. The van der Waals surface area contributed by atoms with E-state index in [2.05, 4.69) is 31.3 Å². The summed E-state index contributed by atoms with van der Waals surface area (Å²) in [4.78, 5) is 12.4. The molecule has 0 unspecified atom stereocenters. The molecule has 2 aromatic rings. The predicted octanol–water partition coefficient (Wildman–Crippen LogP) is 4.47. The van der Waals surface area contributed by atoms with Gasteiger partial charge < -0.3 is 14.8 Å². The molecule has 0 aromatic heterocycles. The van der Waals surface area contributed by atoms with Crippen molar-refractivity contribution in [3.63, 3.8) is 0 Å². The highest BCUT2D eigenvalue weighted by Gasteiger charge is 2.19. The van der Waals surface area contributed by atoms with E-state index in [9.17, 15) is 4.79 Å². The Kier molecular flexibility index (Phi) is 7.07. The largest absolute Gasteiger partial charge is 0.491 e. The van der Waals surface area contributed by atoms with E-state index in [-0.39, 0.29) is 11.9 Å². The van der Waals surface area contributed by atoms with Crippen molar-refractivity contribution in [2.75, 3.05) is 6.61 Å². The average Bonchev–Trinajstić information content (AvgIpc) is 2.60. The summed E-state index contributed by atoms with van der Waals surface area (Å²) < 4.78 is 11.6. The summed E-state index contributed by atoms with van der Waals surface area (Å²) >= 11 is 0. The third kappa shape index (κ3) is 5.80. The number of carbonyl (C=O) groups is 1. The summed E-state index contributed by atoms with van der Waals surface area (Å²) in [6.07, 6.45) is -0.575. The zero-order valence-electron chi connectivity index (χ0n) is 16.3. The molecule has 1 amide bonds. The first-order valence-electron chi connectivity index (χ1n) is 9.12. The number of ether oxygens (including phenoxy) is 2. The number of rotatable bonds is 8. The van der Waals surface area contributed by atoms with Crippen molar-refractivity contribution in [1.29, 1.82) is 0 Å². The molecule has 26 heavy (non-hydrogen) atoms. The van der Waals surface area contributed by atoms with Gasteiger partial charge in [-0.15, -0.1) is 0 Å². The minimum atomic E-state index is -0.575. The second-order valence-corrected chi connectivity index (χ2v) is 6.99. The number of para-hydroxylation sites is 1. The zero-order chi connectivity index (χ0) is 19.1. The van der Waals surface area contributed by atoms with Crippen LogP contribution in [0.15, 0.2) is 48.5 Å². The van der Waals surface area contributed by atoms with Gasteiger partial charge in [0.2, 0.25) is 0 Å². The van der Waals surface area contributed by atoms with Gasteiger partial charge in [0.1, 0.15) is 18.1 Å². The standard InChI is InChI=1S/C22H29NO3/c1-15(2)20-12-11-16(3)13-21(20)26-18(5)22(24)23-17(4)14-25-19-9-7-6-8-10-19/h6-13,15,17-18H,14H2,1-5H3,(H,23,24)/t17-,18+/m1/s1. The molecule has 1 N–H and O–H groups in total. The Hall–Kier alpha value is -2.49. The van der Waals surface area contributed by atoms with Crippen LogP contribution in [0, 0.1) is 6.92 Å². The fourth-order valence-electron chi connectivity index (χ4n) is 2.60. The number of aryl methyl sites for hydroxylation is 1. The van der Waals surface area contributed by atoms with Crippen molar-refractivity contribution in [2.24, 2.45) is 0 Å². The maximum atomic E-state index is 12.4. The quantitative estimate of drug-likeness (QED) is 0.760. The van der Waals surface area contributed by atoms with Crippen LogP contribution in [0.1, 0.15) is 44.7 Å². The van der Waals surface area contributed by atoms with Crippen LogP contribution >= 0.6 is 0 Å². The predicted molar refractivity (Wildman–Crippen MR) is 105 cm³/mol. The van der Waals surface area contributed by atoms with Gasteiger partial charge in [0, 0.05) is 0 Å². The van der Waals surface area contributed by atoms with Crippen LogP contribution in [0.5, 0.6) is 11.5 Å². The molecule has 0 bridgehead atoms. The lowest BCUT2D eigenvalue weighted by molar-refractivity contribution is -0.128. The first-order valence-corrected chi connectivity index (χ1v) is 9.12. The van der Waals surface area contributed by atoms with E-state index in [1.165, 1.54) is 0 Å². The molecule has 2 rings (SSSR count). The van der Waals surface area contributed by atoms with Crippen LogP contribution in [0.25, 0.3) is 0 Å². The van der Waals surface area contributed by atoms with E-state index in [0.717, 1.165) is 22.6 Å². The molecule has 0 saturated heterocycles. The lowest BCUT2D eigenvalue weighted by Gasteiger charge is -2.21. The normalized spacial score (nSPS) is 13.2. The SMILES string of the molecule is Cc1ccc(C(C)C)c(O[C@@H](C)C(=O)N[C@H](C)COc2ccccc2)c1. The molecular weight excluding hydrogens is 326 g/mol. The van der Waals surface area contributed by atoms with E-state index < -0.39 is 6.10 Å². The highest BCUT2D eigenvalue weighted by Crippen LogP contribution is 2.28. The van der Waals surface area contributed by atoms with Crippen LogP contribution in [0.2, 0.25) is 0 Å². The fraction of sp³-hybridized carbons (Fsp3) is 0.409. The van der Waals surface area contributed by atoms with Crippen molar-refractivity contribution in [3.8, 4) is 11.5 Å². The summed E-state index contributed by atoms with van der Waals surface area (Å²) in [7, 11) is 0. The van der Waals surface area contributed by atoms with E-state index in [0.29, 0.717) is 12.5 Å². The summed E-state index contributed by atoms with van der Waals surface area (Å²) in [6, 6.07) is 15.6. The maximum Gasteiger partial charge on any atom is 0.261 e. The van der Waals surface area contributed by atoms with Gasteiger partial charge in [0.15, 0.2) is 6.10 Å². The van der Waals surface area contributed by atoms with Gasteiger partial charge in [-0.1, -0.05) is 44.2 Å². The summed E-state index contributed by atoms with van der Waals surface area (Å²) in [5, 5.41) is 2.94. The molecule has 2 atom stereocenters. The van der Waals surface area contributed by atoms with Gasteiger partial charge in [-0.05, 0) is 56.0 Å².